The summed E-state index contributed by atoms with van der Waals surface area (Å²) in [5, 5.41) is 20.8. The van der Waals surface area contributed by atoms with Crippen molar-refractivity contribution >= 4 is 11.6 Å². The van der Waals surface area contributed by atoms with Gasteiger partial charge in [-0.3, -0.25) is 4.90 Å². The summed E-state index contributed by atoms with van der Waals surface area (Å²) in [6, 6.07) is 3.83. The zero-order valence-corrected chi connectivity index (χ0v) is 15.5. The Balaban J connectivity index is 1.65. The molecule has 0 aliphatic carbocycles. The highest BCUT2D eigenvalue weighted by Gasteiger charge is 2.47. The first-order valence-corrected chi connectivity index (χ1v) is 9.00. The van der Waals surface area contributed by atoms with Crippen LogP contribution < -0.4 is 9.47 Å². The normalized spacial score (nSPS) is 26.6. The van der Waals surface area contributed by atoms with Crippen molar-refractivity contribution in [3.63, 3.8) is 0 Å². The van der Waals surface area contributed by atoms with Crippen molar-refractivity contribution in [1.29, 1.82) is 0 Å². The maximum absolute atomic E-state index is 10.3. The topological polar surface area (TPSA) is 71.4 Å². The first kappa shape index (κ1) is 18.7. The number of rotatable bonds is 4. The lowest BCUT2D eigenvalue weighted by Crippen LogP contribution is -2.59. The van der Waals surface area contributed by atoms with Crippen LogP contribution in [0.25, 0.3) is 0 Å². The maximum atomic E-state index is 10.3. The zero-order valence-electron chi connectivity index (χ0n) is 14.7. The number of hydrogen-bond donors (Lipinski definition) is 2. The summed E-state index contributed by atoms with van der Waals surface area (Å²) in [6.45, 7) is 2.81. The van der Waals surface area contributed by atoms with Crippen molar-refractivity contribution < 1.29 is 24.4 Å². The fraction of sp³-hybridized carbons (Fsp3) is 0.667. The average molecular weight is 372 g/mol. The summed E-state index contributed by atoms with van der Waals surface area (Å²) < 4.78 is 16.5. The van der Waals surface area contributed by atoms with E-state index in [0.29, 0.717) is 42.4 Å². The lowest BCUT2D eigenvalue weighted by molar-refractivity contribution is -0.214. The van der Waals surface area contributed by atoms with E-state index < -0.39 is 17.8 Å². The van der Waals surface area contributed by atoms with Crippen LogP contribution in [0.2, 0.25) is 5.02 Å². The average Bonchev–Trinajstić information content (AvgIpc) is 2.61. The number of nitrogens with zero attached hydrogens (tertiary/aromatic N) is 1. The third-order valence-corrected chi connectivity index (χ3v) is 5.59. The number of benzene rings is 1. The lowest BCUT2D eigenvalue weighted by atomic mass is 9.80. The van der Waals surface area contributed by atoms with Crippen LogP contribution in [-0.4, -0.2) is 66.8 Å². The van der Waals surface area contributed by atoms with E-state index >= 15 is 0 Å². The molecule has 3 rings (SSSR count). The van der Waals surface area contributed by atoms with Crippen LogP contribution in [0.5, 0.6) is 11.5 Å². The second-order valence-electron chi connectivity index (χ2n) is 6.80. The highest BCUT2D eigenvalue weighted by atomic mass is 35.5. The molecule has 2 heterocycles. The molecule has 2 atom stereocenters. The molecule has 1 spiro atoms. The van der Waals surface area contributed by atoms with Crippen LogP contribution in [0.4, 0.5) is 0 Å². The summed E-state index contributed by atoms with van der Waals surface area (Å²) in [4.78, 5) is 2.29. The smallest absolute Gasteiger partial charge is 0.179 e. The molecular weight excluding hydrogens is 346 g/mol. The van der Waals surface area contributed by atoms with Gasteiger partial charge in [0, 0.05) is 19.6 Å². The lowest BCUT2D eigenvalue weighted by Gasteiger charge is -2.48. The Kier molecular flexibility index (Phi) is 5.75. The Labute approximate surface area is 153 Å². The van der Waals surface area contributed by atoms with Gasteiger partial charge in [-0.15, -0.1) is 0 Å². The number of piperidine rings is 1. The predicted molar refractivity (Wildman–Crippen MR) is 94.4 cm³/mol. The van der Waals surface area contributed by atoms with Crippen molar-refractivity contribution in [2.24, 2.45) is 0 Å². The number of methoxy groups -OCH3 is 2. The molecule has 2 aliphatic rings. The van der Waals surface area contributed by atoms with Gasteiger partial charge in [-0.1, -0.05) is 11.6 Å². The molecule has 0 bridgehead atoms. The Hall–Kier alpha value is -1.05. The summed E-state index contributed by atoms with van der Waals surface area (Å²) in [6.07, 6.45) is 0.402. The Morgan fingerprint density at radius 3 is 2.60 bits per heavy atom. The van der Waals surface area contributed by atoms with E-state index in [4.69, 9.17) is 25.8 Å². The highest BCUT2D eigenvalue weighted by molar-refractivity contribution is 6.32. The molecule has 2 N–H and O–H groups in total. The molecule has 25 heavy (non-hydrogen) atoms. The summed E-state index contributed by atoms with van der Waals surface area (Å²) >= 11 is 6.28. The molecule has 0 radical (unpaired) electrons. The fourth-order valence-corrected chi connectivity index (χ4v) is 4.14. The largest absolute Gasteiger partial charge is 0.493 e. The van der Waals surface area contributed by atoms with Crippen molar-refractivity contribution in [3.05, 3.63) is 22.7 Å². The van der Waals surface area contributed by atoms with Gasteiger partial charge in [0.05, 0.1) is 37.6 Å². The monoisotopic (exact) mass is 371 g/mol. The van der Waals surface area contributed by atoms with E-state index in [-0.39, 0.29) is 0 Å². The second-order valence-corrected chi connectivity index (χ2v) is 7.21. The Bertz CT molecular complexity index is 603. The molecule has 6 nitrogen and oxygen atoms in total. The van der Waals surface area contributed by atoms with Gasteiger partial charge in [0.25, 0.3) is 0 Å². The number of halogens is 1. The number of aliphatic hydroxyl groups excluding tert-OH is 2. The quantitative estimate of drug-likeness (QED) is 0.841. The molecular formula is C18H26ClNO5. The van der Waals surface area contributed by atoms with Crippen LogP contribution in [0.1, 0.15) is 24.8 Å². The number of aliphatic hydroxyl groups is 2. The molecule has 0 saturated carbocycles. The van der Waals surface area contributed by atoms with E-state index in [1.807, 2.05) is 12.1 Å². The molecule has 2 aliphatic heterocycles. The summed E-state index contributed by atoms with van der Waals surface area (Å²) in [7, 11) is 3.16. The predicted octanol–water partition coefficient (Wildman–Crippen LogP) is 1.83. The third-order valence-electron chi connectivity index (χ3n) is 5.31. The van der Waals surface area contributed by atoms with Gasteiger partial charge in [0.15, 0.2) is 11.5 Å². The van der Waals surface area contributed by atoms with E-state index in [1.165, 1.54) is 0 Å². The minimum Gasteiger partial charge on any atom is -0.493 e. The molecule has 0 aromatic heterocycles. The Morgan fingerprint density at radius 2 is 1.96 bits per heavy atom. The van der Waals surface area contributed by atoms with E-state index in [2.05, 4.69) is 4.90 Å². The molecule has 2 saturated heterocycles. The summed E-state index contributed by atoms with van der Waals surface area (Å²) in [5.41, 5.74) is 0.437. The highest BCUT2D eigenvalue weighted by Crippen LogP contribution is 2.38. The molecule has 1 aromatic rings. The van der Waals surface area contributed by atoms with Crippen LogP contribution >= 0.6 is 11.6 Å². The van der Waals surface area contributed by atoms with E-state index in [9.17, 15) is 10.2 Å². The van der Waals surface area contributed by atoms with Crippen molar-refractivity contribution in [3.8, 4) is 11.5 Å². The van der Waals surface area contributed by atoms with Crippen LogP contribution in [-0.2, 0) is 11.3 Å². The standard InChI is InChI=1S/C18H26ClNO5/c1-23-15-10-12(9-13(19)16(15)24-2)11-20-6-4-18(5-7-20)17(22)14(21)3-8-25-18/h9-10,14,17,21-22H,3-8,11H2,1-2H3/t14-,17-/m0/s1. The number of ether oxygens (including phenoxy) is 3. The van der Waals surface area contributed by atoms with E-state index in [0.717, 1.165) is 25.2 Å². The van der Waals surface area contributed by atoms with Crippen LogP contribution in [0, 0.1) is 0 Å². The third kappa shape index (κ3) is 3.73. The maximum Gasteiger partial charge on any atom is 0.179 e. The van der Waals surface area contributed by atoms with Crippen LogP contribution in [0.15, 0.2) is 12.1 Å². The van der Waals surface area contributed by atoms with Gasteiger partial charge in [-0.25, -0.2) is 0 Å². The molecule has 2 fully saturated rings. The summed E-state index contributed by atoms with van der Waals surface area (Å²) in [5.74, 6) is 1.16. The number of hydrogen-bond acceptors (Lipinski definition) is 6. The van der Waals surface area contributed by atoms with Gasteiger partial charge in [0.2, 0.25) is 0 Å². The SMILES string of the molecule is COc1cc(CN2CCC3(CC2)OCC[C@H](O)[C@@H]3O)cc(Cl)c1OC. The molecule has 1 aromatic carbocycles. The minimum absolute atomic E-state index is 0.497. The molecule has 0 amide bonds. The van der Waals surface area contributed by atoms with Gasteiger partial charge in [-0.2, -0.15) is 0 Å². The van der Waals surface area contributed by atoms with Crippen molar-refractivity contribution in [1.82, 2.24) is 4.90 Å². The van der Waals surface area contributed by atoms with Gasteiger partial charge in [0.1, 0.15) is 6.10 Å². The van der Waals surface area contributed by atoms with Gasteiger partial charge < -0.3 is 24.4 Å². The molecule has 7 heteroatoms. The van der Waals surface area contributed by atoms with Gasteiger partial charge >= 0.3 is 0 Å². The fourth-order valence-electron chi connectivity index (χ4n) is 3.83. The van der Waals surface area contributed by atoms with Crippen LogP contribution in [0.3, 0.4) is 0 Å². The van der Waals surface area contributed by atoms with Gasteiger partial charge in [-0.05, 0) is 37.0 Å². The first-order valence-electron chi connectivity index (χ1n) is 8.62. The zero-order chi connectivity index (χ0) is 18.0. The minimum atomic E-state index is -0.807. The Morgan fingerprint density at radius 1 is 1.24 bits per heavy atom. The second kappa shape index (κ2) is 7.68. The molecule has 140 valence electrons. The van der Waals surface area contributed by atoms with Crippen molar-refractivity contribution in [2.45, 2.75) is 43.6 Å². The van der Waals surface area contributed by atoms with E-state index in [1.54, 1.807) is 14.2 Å². The molecule has 0 unspecified atom stereocenters. The van der Waals surface area contributed by atoms with Crippen molar-refractivity contribution in [2.75, 3.05) is 33.9 Å². The number of likely N-dealkylation sites (tertiary alicyclic amines) is 1. The first-order chi connectivity index (χ1) is 12.0.